The summed E-state index contributed by atoms with van der Waals surface area (Å²) in [6.07, 6.45) is 5.11. The molecule has 1 aromatic heterocycles. The van der Waals surface area contributed by atoms with Gasteiger partial charge in [0.15, 0.2) is 5.82 Å². The second-order valence-corrected chi connectivity index (χ2v) is 5.44. The highest BCUT2D eigenvalue weighted by Crippen LogP contribution is 2.21. The topological polar surface area (TPSA) is 85.2 Å². The van der Waals surface area contributed by atoms with Gasteiger partial charge >= 0.3 is 0 Å². The first-order valence-electron chi connectivity index (χ1n) is 7.94. The predicted octanol–water partition coefficient (Wildman–Crippen LogP) is 0.901. The fourth-order valence-corrected chi connectivity index (χ4v) is 2.64. The Balaban J connectivity index is 2.16. The lowest BCUT2D eigenvalue weighted by molar-refractivity contribution is 0.0932. The zero-order valence-corrected chi connectivity index (χ0v) is 13.6. The second-order valence-electron chi connectivity index (χ2n) is 5.44. The third kappa shape index (κ3) is 4.19. The van der Waals surface area contributed by atoms with Crippen molar-refractivity contribution in [1.82, 2.24) is 20.2 Å². The smallest absolute Gasteiger partial charge is 0.287 e. The van der Waals surface area contributed by atoms with Gasteiger partial charge in [-0.25, -0.2) is 4.98 Å². The molecule has 0 saturated carbocycles. The summed E-state index contributed by atoms with van der Waals surface area (Å²) in [6.45, 7) is 5.79. The maximum absolute atomic E-state index is 12.3. The van der Waals surface area contributed by atoms with Crippen molar-refractivity contribution in [2.75, 3.05) is 26.8 Å². The summed E-state index contributed by atoms with van der Waals surface area (Å²) in [4.78, 5) is 28.9. The van der Waals surface area contributed by atoms with Gasteiger partial charge < -0.3 is 19.9 Å². The number of rotatable bonds is 8. The minimum absolute atomic E-state index is 0.243. The zero-order chi connectivity index (χ0) is 16.7. The summed E-state index contributed by atoms with van der Waals surface area (Å²) in [5.74, 6) is -0.179. The molecule has 1 aliphatic heterocycles. The van der Waals surface area contributed by atoms with Gasteiger partial charge in [-0.05, 0) is 25.7 Å². The normalized spacial score (nSPS) is 13.3. The van der Waals surface area contributed by atoms with E-state index in [9.17, 15) is 9.59 Å². The first kappa shape index (κ1) is 17.2. The third-order valence-electron chi connectivity index (χ3n) is 3.75. The number of nitrogens with zero attached hydrogens (tertiary/aromatic N) is 2. The van der Waals surface area contributed by atoms with Crippen molar-refractivity contribution in [2.45, 2.75) is 32.2 Å². The van der Waals surface area contributed by atoms with Crippen LogP contribution in [-0.2, 0) is 17.7 Å². The van der Waals surface area contributed by atoms with Gasteiger partial charge in [0, 0.05) is 33.4 Å². The van der Waals surface area contributed by atoms with Crippen LogP contribution in [-0.4, -0.2) is 48.2 Å². The maximum Gasteiger partial charge on any atom is 0.287 e. The third-order valence-corrected chi connectivity index (χ3v) is 3.75. The van der Waals surface area contributed by atoms with Crippen molar-refractivity contribution in [1.29, 1.82) is 0 Å². The molecule has 1 aliphatic rings. The van der Waals surface area contributed by atoms with E-state index < -0.39 is 0 Å². The Morgan fingerprint density at radius 1 is 1.35 bits per heavy atom. The summed E-state index contributed by atoms with van der Waals surface area (Å²) < 4.78 is 6.83. The number of hydrogen-bond donors (Lipinski definition) is 2. The number of methoxy groups -OCH3 is 1. The number of hydrogen-bond acceptors (Lipinski definition) is 4. The van der Waals surface area contributed by atoms with E-state index >= 15 is 0 Å². The maximum atomic E-state index is 12.3. The summed E-state index contributed by atoms with van der Waals surface area (Å²) in [5, 5.41) is 5.56. The highest BCUT2D eigenvalue weighted by molar-refractivity contribution is 5.97. The van der Waals surface area contributed by atoms with Crippen LogP contribution >= 0.6 is 0 Å². The number of nitrogens with one attached hydrogen (secondary N) is 2. The highest BCUT2D eigenvalue weighted by atomic mass is 16.5. The summed E-state index contributed by atoms with van der Waals surface area (Å²) in [5.41, 5.74) is 1.20. The minimum Gasteiger partial charge on any atom is -0.385 e. The molecule has 0 aromatic carbocycles. The zero-order valence-electron chi connectivity index (χ0n) is 13.6. The Kier molecular flexibility index (Phi) is 6.34. The molecule has 0 unspecified atom stereocenters. The Hall–Kier alpha value is -2.15. The molecule has 23 heavy (non-hydrogen) atoms. The SMILES string of the molecule is C=CCNC(=O)c1nc(C(=O)NCCCOC)n2c1CCCC2. The predicted molar refractivity (Wildman–Crippen MR) is 86.5 cm³/mol. The second kappa shape index (κ2) is 8.47. The van der Waals surface area contributed by atoms with Crippen molar-refractivity contribution in [3.63, 3.8) is 0 Å². The molecule has 0 saturated heterocycles. The molecule has 0 bridgehead atoms. The van der Waals surface area contributed by atoms with Crippen molar-refractivity contribution >= 4 is 11.8 Å². The number of amides is 2. The number of carbonyl (C=O) groups is 2. The van der Waals surface area contributed by atoms with Crippen LogP contribution in [0.1, 0.15) is 46.1 Å². The van der Waals surface area contributed by atoms with Crippen molar-refractivity contribution in [3.8, 4) is 0 Å². The molecular weight excluding hydrogens is 296 g/mol. The van der Waals surface area contributed by atoms with Crippen LogP contribution in [0.3, 0.4) is 0 Å². The number of carbonyl (C=O) groups excluding carboxylic acids is 2. The minimum atomic E-state index is -0.256. The van der Waals surface area contributed by atoms with E-state index in [1.165, 1.54) is 0 Å². The molecule has 126 valence electrons. The van der Waals surface area contributed by atoms with E-state index in [1.54, 1.807) is 13.2 Å². The van der Waals surface area contributed by atoms with E-state index in [-0.39, 0.29) is 11.8 Å². The van der Waals surface area contributed by atoms with E-state index in [4.69, 9.17) is 4.74 Å². The van der Waals surface area contributed by atoms with Crippen molar-refractivity contribution in [2.24, 2.45) is 0 Å². The molecule has 0 spiro atoms. The molecule has 2 amide bonds. The fourth-order valence-electron chi connectivity index (χ4n) is 2.64. The Bertz CT molecular complexity index is 580. The van der Waals surface area contributed by atoms with E-state index in [1.807, 2.05) is 4.57 Å². The molecule has 0 radical (unpaired) electrons. The van der Waals surface area contributed by atoms with Crippen LogP contribution in [0, 0.1) is 0 Å². The highest BCUT2D eigenvalue weighted by Gasteiger charge is 2.26. The van der Waals surface area contributed by atoms with Crippen LogP contribution < -0.4 is 10.6 Å². The first-order valence-corrected chi connectivity index (χ1v) is 7.94. The van der Waals surface area contributed by atoms with Gasteiger partial charge in [0.1, 0.15) is 5.69 Å². The molecule has 2 rings (SSSR count). The van der Waals surface area contributed by atoms with Crippen LogP contribution in [0.4, 0.5) is 0 Å². The molecule has 7 nitrogen and oxygen atoms in total. The van der Waals surface area contributed by atoms with Gasteiger partial charge in [0.25, 0.3) is 11.8 Å². The van der Waals surface area contributed by atoms with Gasteiger partial charge in [0.05, 0.1) is 5.69 Å². The van der Waals surface area contributed by atoms with Crippen LogP contribution in [0.25, 0.3) is 0 Å². The van der Waals surface area contributed by atoms with Crippen molar-refractivity contribution < 1.29 is 14.3 Å². The van der Waals surface area contributed by atoms with Crippen LogP contribution in [0.15, 0.2) is 12.7 Å². The molecule has 0 atom stereocenters. The van der Waals surface area contributed by atoms with E-state index in [0.717, 1.165) is 37.9 Å². The number of ether oxygens (including phenoxy) is 1. The monoisotopic (exact) mass is 320 g/mol. The largest absolute Gasteiger partial charge is 0.385 e. The quantitative estimate of drug-likeness (QED) is 0.550. The van der Waals surface area contributed by atoms with Gasteiger partial charge in [-0.1, -0.05) is 6.08 Å². The van der Waals surface area contributed by atoms with Gasteiger partial charge in [0.2, 0.25) is 0 Å². The number of aromatic nitrogens is 2. The molecule has 0 aliphatic carbocycles. The molecule has 1 aromatic rings. The Labute approximate surface area is 136 Å². The summed E-state index contributed by atoms with van der Waals surface area (Å²) in [6, 6.07) is 0. The average Bonchev–Trinajstić information content (AvgIpc) is 2.96. The van der Waals surface area contributed by atoms with Gasteiger partial charge in [-0.2, -0.15) is 0 Å². The van der Waals surface area contributed by atoms with Crippen LogP contribution in [0.5, 0.6) is 0 Å². The van der Waals surface area contributed by atoms with E-state index in [0.29, 0.717) is 31.2 Å². The van der Waals surface area contributed by atoms with E-state index in [2.05, 4.69) is 22.2 Å². The molecule has 2 heterocycles. The number of fused-ring (bicyclic) bond motifs is 1. The van der Waals surface area contributed by atoms with Crippen LogP contribution in [0.2, 0.25) is 0 Å². The number of imidazole rings is 1. The molecular formula is C16H24N4O3. The average molecular weight is 320 g/mol. The summed E-state index contributed by atoms with van der Waals surface area (Å²) >= 11 is 0. The summed E-state index contributed by atoms with van der Waals surface area (Å²) in [7, 11) is 1.63. The standard InChI is InChI=1S/C16H24N4O3/c1-3-8-17-15(21)13-12-7-4-5-10-20(12)14(19-13)16(22)18-9-6-11-23-2/h3H,1,4-11H2,2H3,(H,17,21)(H,18,22). The molecule has 0 fully saturated rings. The Morgan fingerprint density at radius 3 is 2.91 bits per heavy atom. The van der Waals surface area contributed by atoms with Gasteiger partial charge in [-0.15, -0.1) is 6.58 Å². The lowest BCUT2D eigenvalue weighted by atomic mass is 10.1. The molecule has 7 heteroatoms. The first-order chi connectivity index (χ1) is 11.2. The van der Waals surface area contributed by atoms with Gasteiger partial charge in [-0.3, -0.25) is 9.59 Å². The lowest BCUT2D eigenvalue weighted by Crippen LogP contribution is -2.29. The molecule has 2 N–H and O–H groups in total. The Morgan fingerprint density at radius 2 is 2.17 bits per heavy atom. The fraction of sp³-hybridized carbons (Fsp3) is 0.562. The van der Waals surface area contributed by atoms with Crippen molar-refractivity contribution in [3.05, 3.63) is 29.9 Å². The lowest BCUT2D eigenvalue weighted by Gasteiger charge is -2.17.